The fraction of sp³-hybridized carbons (Fsp3) is 0.421. The average Bonchev–Trinajstić information content (AvgIpc) is 2.64. The van der Waals surface area contributed by atoms with Gasteiger partial charge in [-0.2, -0.15) is 0 Å². The molecule has 126 valence electrons. The van der Waals surface area contributed by atoms with Crippen molar-refractivity contribution in [2.45, 2.75) is 25.7 Å². The number of likely N-dealkylation sites (tertiary alicyclic amines) is 1. The SMILES string of the molecule is O=C(NCCc1ccccn1)N1CCC(Cc2cccnc2)CC1. The summed E-state index contributed by atoms with van der Waals surface area (Å²) in [5, 5.41) is 3.00. The van der Waals surface area contributed by atoms with Crippen LogP contribution in [0, 0.1) is 5.92 Å². The fourth-order valence-electron chi connectivity index (χ4n) is 3.15. The number of pyridine rings is 2. The van der Waals surface area contributed by atoms with E-state index in [0.29, 0.717) is 12.5 Å². The van der Waals surface area contributed by atoms with Gasteiger partial charge in [-0.1, -0.05) is 12.1 Å². The number of nitrogens with zero attached hydrogens (tertiary/aromatic N) is 3. The van der Waals surface area contributed by atoms with Crippen molar-refractivity contribution in [1.29, 1.82) is 0 Å². The van der Waals surface area contributed by atoms with Crippen molar-refractivity contribution in [2.75, 3.05) is 19.6 Å². The lowest BCUT2D eigenvalue weighted by Crippen LogP contribution is -2.45. The summed E-state index contributed by atoms with van der Waals surface area (Å²) in [6, 6.07) is 10.0. The van der Waals surface area contributed by atoms with Crippen LogP contribution in [0.25, 0.3) is 0 Å². The number of hydrogen-bond acceptors (Lipinski definition) is 3. The number of aromatic nitrogens is 2. The Kier molecular flexibility index (Phi) is 5.77. The number of urea groups is 1. The highest BCUT2D eigenvalue weighted by Gasteiger charge is 2.22. The Labute approximate surface area is 143 Å². The van der Waals surface area contributed by atoms with E-state index in [-0.39, 0.29) is 6.03 Å². The van der Waals surface area contributed by atoms with Crippen LogP contribution in [0.3, 0.4) is 0 Å². The Balaban J connectivity index is 1.37. The highest BCUT2D eigenvalue weighted by atomic mass is 16.2. The molecule has 24 heavy (non-hydrogen) atoms. The van der Waals surface area contributed by atoms with Gasteiger partial charge >= 0.3 is 6.03 Å². The van der Waals surface area contributed by atoms with Crippen LogP contribution in [-0.4, -0.2) is 40.5 Å². The number of carbonyl (C=O) groups is 1. The quantitative estimate of drug-likeness (QED) is 0.920. The van der Waals surface area contributed by atoms with Gasteiger partial charge in [0.2, 0.25) is 0 Å². The van der Waals surface area contributed by atoms with Crippen molar-refractivity contribution in [3.8, 4) is 0 Å². The van der Waals surface area contributed by atoms with Gasteiger partial charge in [0.1, 0.15) is 0 Å². The van der Waals surface area contributed by atoms with Gasteiger partial charge in [-0.15, -0.1) is 0 Å². The number of carbonyl (C=O) groups excluding carboxylic acids is 1. The number of nitrogens with one attached hydrogen (secondary N) is 1. The zero-order valence-corrected chi connectivity index (χ0v) is 13.9. The molecule has 3 heterocycles. The number of amides is 2. The second-order valence-electron chi connectivity index (χ2n) is 6.30. The normalized spacial score (nSPS) is 15.2. The average molecular weight is 324 g/mol. The van der Waals surface area contributed by atoms with Crippen LogP contribution in [0.1, 0.15) is 24.1 Å². The lowest BCUT2D eigenvalue weighted by Gasteiger charge is -2.32. The van der Waals surface area contributed by atoms with E-state index in [4.69, 9.17) is 0 Å². The molecule has 0 saturated carbocycles. The Morgan fingerprint density at radius 3 is 2.75 bits per heavy atom. The van der Waals surface area contributed by atoms with E-state index >= 15 is 0 Å². The van der Waals surface area contributed by atoms with Crippen LogP contribution in [0.2, 0.25) is 0 Å². The van der Waals surface area contributed by atoms with Crippen LogP contribution < -0.4 is 5.32 Å². The van der Waals surface area contributed by atoms with Gasteiger partial charge in [0, 0.05) is 50.3 Å². The van der Waals surface area contributed by atoms with E-state index in [1.165, 1.54) is 5.56 Å². The van der Waals surface area contributed by atoms with Gasteiger partial charge in [0.05, 0.1) is 0 Å². The van der Waals surface area contributed by atoms with Gasteiger partial charge in [-0.3, -0.25) is 9.97 Å². The third-order valence-corrected chi connectivity index (χ3v) is 4.53. The van der Waals surface area contributed by atoms with Gasteiger partial charge in [-0.25, -0.2) is 4.79 Å². The lowest BCUT2D eigenvalue weighted by molar-refractivity contribution is 0.170. The molecule has 3 rings (SSSR count). The Hall–Kier alpha value is -2.43. The number of hydrogen-bond donors (Lipinski definition) is 1. The first-order chi connectivity index (χ1) is 11.8. The second-order valence-corrected chi connectivity index (χ2v) is 6.30. The molecule has 5 heteroatoms. The minimum absolute atomic E-state index is 0.0470. The largest absolute Gasteiger partial charge is 0.338 e. The first-order valence-electron chi connectivity index (χ1n) is 8.63. The van der Waals surface area contributed by atoms with Crippen molar-refractivity contribution >= 4 is 6.03 Å². The van der Waals surface area contributed by atoms with Crippen molar-refractivity contribution in [2.24, 2.45) is 5.92 Å². The molecule has 0 aliphatic carbocycles. The highest BCUT2D eigenvalue weighted by molar-refractivity contribution is 5.74. The van der Waals surface area contributed by atoms with Crippen molar-refractivity contribution in [3.63, 3.8) is 0 Å². The van der Waals surface area contributed by atoms with Crippen molar-refractivity contribution in [1.82, 2.24) is 20.2 Å². The molecule has 0 atom stereocenters. The number of rotatable bonds is 5. The Morgan fingerprint density at radius 1 is 1.17 bits per heavy atom. The van der Waals surface area contributed by atoms with E-state index in [1.54, 1.807) is 12.4 Å². The Bertz CT molecular complexity index is 624. The molecule has 0 bridgehead atoms. The Morgan fingerprint density at radius 2 is 2.04 bits per heavy atom. The van der Waals surface area contributed by atoms with Crippen LogP contribution in [-0.2, 0) is 12.8 Å². The van der Waals surface area contributed by atoms with Gasteiger partial charge in [0.25, 0.3) is 0 Å². The molecule has 0 unspecified atom stereocenters. The maximum atomic E-state index is 12.2. The molecule has 0 radical (unpaired) electrons. The molecule has 2 aromatic heterocycles. The minimum Gasteiger partial charge on any atom is -0.338 e. The molecule has 1 fully saturated rings. The molecule has 0 spiro atoms. The van der Waals surface area contributed by atoms with Crippen molar-refractivity contribution < 1.29 is 4.79 Å². The van der Waals surface area contributed by atoms with Crippen LogP contribution in [0.15, 0.2) is 48.9 Å². The molecule has 1 aliphatic rings. The van der Waals surface area contributed by atoms with E-state index in [0.717, 1.165) is 44.5 Å². The standard InChI is InChI=1S/C19H24N4O/c24-19(22-11-6-18-5-1-2-10-21-18)23-12-7-16(8-13-23)14-17-4-3-9-20-15-17/h1-5,9-10,15-16H,6-8,11-14H2,(H,22,24). The highest BCUT2D eigenvalue weighted by Crippen LogP contribution is 2.21. The van der Waals surface area contributed by atoms with Crippen molar-refractivity contribution in [3.05, 3.63) is 60.2 Å². The third-order valence-electron chi connectivity index (χ3n) is 4.53. The summed E-state index contributed by atoms with van der Waals surface area (Å²) in [6.07, 6.45) is 9.47. The summed E-state index contributed by atoms with van der Waals surface area (Å²) in [6.45, 7) is 2.30. The summed E-state index contributed by atoms with van der Waals surface area (Å²) in [5.41, 5.74) is 2.30. The molecule has 1 aliphatic heterocycles. The summed E-state index contributed by atoms with van der Waals surface area (Å²) in [4.78, 5) is 22.6. The van der Waals surface area contributed by atoms with Crippen LogP contribution in [0.5, 0.6) is 0 Å². The molecule has 1 saturated heterocycles. The zero-order chi connectivity index (χ0) is 16.6. The summed E-state index contributed by atoms with van der Waals surface area (Å²) in [7, 11) is 0. The number of piperidine rings is 1. The molecule has 2 aromatic rings. The van der Waals surface area contributed by atoms with Gasteiger partial charge in [0.15, 0.2) is 0 Å². The summed E-state index contributed by atoms with van der Waals surface area (Å²) in [5.74, 6) is 0.645. The molecule has 5 nitrogen and oxygen atoms in total. The molecular formula is C19H24N4O. The molecule has 1 N–H and O–H groups in total. The second kappa shape index (κ2) is 8.43. The fourth-order valence-corrected chi connectivity index (χ4v) is 3.15. The van der Waals surface area contributed by atoms with Crippen LogP contribution in [0.4, 0.5) is 4.79 Å². The van der Waals surface area contributed by atoms with E-state index in [1.807, 2.05) is 35.4 Å². The summed E-state index contributed by atoms with van der Waals surface area (Å²) < 4.78 is 0. The maximum absolute atomic E-state index is 12.2. The monoisotopic (exact) mass is 324 g/mol. The van der Waals surface area contributed by atoms with Crippen LogP contribution >= 0.6 is 0 Å². The zero-order valence-electron chi connectivity index (χ0n) is 13.9. The van der Waals surface area contributed by atoms with Gasteiger partial charge in [-0.05, 0) is 48.9 Å². The predicted octanol–water partition coefficient (Wildman–Crippen LogP) is 2.68. The topological polar surface area (TPSA) is 58.1 Å². The maximum Gasteiger partial charge on any atom is 0.317 e. The molecule has 0 aromatic carbocycles. The first-order valence-corrected chi connectivity index (χ1v) is 8.63. The first kappa shape index (κ1) is 16.4. The lowest BCUT2D eigenvalue weighted by atomic mass is 9.91. The van der Waals surface area contributed by atoms with E-state index in [2.05, 4.69) is 21.4 Å². The van der Waals surface area contributed by atoms with Gasteiger partial charge < -0.3 is 10.2 Å². The predicted molar refractivity (Wildman–Crippen MR) is 93.6 cm³/mol. The van der Waals surface area contributed by atoms with E-state index in [9.17, 15) is 4.79 Å². The minimum atomic E-state index is 0.0470. The van der Waals surface area contributed by atoms with E-state index < -0.39 is 0 Å². The smallest absolute Gasteiger partial charge is 0.317 e. The molecular weight excluding hydrogens is 300 g/mol. The summed E-state index contributed by atoms with van der Waals surface area (Å²) >= 11 is 0. The molecule has 2 amide bonds. The third kappa shape index (κ3) is 4.78.